The van der Waals surface area contributed by atoms with Crippen molar-refractivity contribution in [1.29, 1.82) is 0 Å². The van der Waals surface area contributed by atoms with Gasteiger partial charge in [-0.2, -0.15) is 0 Å². The van der Waals surface area contributed by atoms with Crippen molar-refractivity contribution in [2.24, 2.45) is 22.7 Å². The number of rotatable bonds is 0. The standard InChI is InChI=1S/C9H12/c1-2-8-3-6(1)9(8)4-7(8)5-9/h6-7H,1-5H2. The van der Waals surface area contributed by atoms with E-state index in [9.17, 15) is 0 Å². The number of hydrogen-bond acceptors (Lipinski definition) is 0. The molecule has 6 rings (SSSR count). The normalized spacial score (nSPS) is 80.0. The van der Waals surface area contributed by atoms with Crippen molar-refractivity contribution < 1.29 is 0 Å². The predicted octanol–water partition coefficient (Wildman–Crippen LogP) is 2.20. The zero-order chi connectivity index (χ0) is 5.69. The largest absolute Gasteiger partial charge is 0.0493 e. The molecule has 4 bridgehead atoms. The third kappa shape index (κ3) is 0.163. The monoisotopic (exact) mass is 120 g/mol. The minimum atomic E-state index is 1.01. The molecule has 0 amide bonds. The third-order valence-corrected chi connectivity index (χ3v) is 5.33. The van der Waals surface area contributed by atoms with E-state index in [-0.39, 0.29) is 0 Å². The minimum Gasteiger partial charge on any atom is -0.0493 e. The summed E-state index contributed by atoms with van der Waals surface area (Å²) < 4.78 is 0. The van der Waals surface area contributed by atoms with Gasteiger partial charge in [0.2, 0.25) is 0 Å². The minimum absolute atomic E-state index is 1.01. The van der Waals surface area contributed by atoms with Crippen molar-refractivity contribution in [3.63, 3.8) is 0 Å². The molecular formula is C9H12. The van der Waals surface area contributed by atoms with E-state index in [0.29, 0.717) is 0 Å². The SMILES string of the molecule is C1CC23CC1C21CC3C1. The molecule has 0 aromatic carbocycles. The van der Waals surface area contributed by atoms with Gasteiger partial charge in [-0.25, -0.2) is 0 Å². The summed E-state index contributed by atoms with van der Waals surface area (Å²) in [5, 5.41) is 0. The summed E-state index contributed by atoms with van der Waals surface area (Å²) in [6.45, 7) is 0. The molecule has 6 aliphatic rings. The summed E-state index contributed by atoms with van der Waals surface area (Å²) in [5.74, 6) is 2.46. The maximum absolute atomic E-state index is 1.65. The average molecular weight is 120 g/mol. The van der Waals surface area contributed by atoms with Crippen LogP contribution in [0.5, 0.6) is 0 Å². The summed E-state index contributed by atoms with van der Waals surface area (Å²) >= 11 is 0. The zero-order valence-electron chi connectivity index (χ0n) is 5.69. The molecule has 6 fully saturated rings. The molecule has 0 aromatic rings. The molecule has 0 N–H and O–H groups in total. The van der Waals surface area contributed by atoms with Gasteiger partial charge in [-0.15, -0.1) is 0 Å². The van der Waals surface area contributed by atoms with Crippen molar-refractivity contribution in [2.75, 3.05) is 0 Å². The topological polar surface area (TPSA) is 0 Å². The Hall–Kier alpha value is 0. The molecule has 0 radical (unpaired) electrons. The van der Waals surface area contributed by atoms with E-state index in [1.165, 1.54) is 11.8 Å². The number of hydrogen-bond donors (Lipinski definition) is 0. The quantitative estimate of drug-likeness (QED) is 0.459. The smallest absolute Gasteiger partial charge is 0.0204 e. The van der Waals surface area contributed by atoms with E-state index >= 15 is 0 Å². The van der Waals surface area contributed by atoms with Crippen LogP contribution in [0, 0.1) is 22.7 Å². The summed E-state index contributed by atoms with van der Waals surface area (Å²) in [7, 11) is 0. The van der Waals surface area contributed by atoms with E-state index < -0.39 is 0 Å². The molecular weight excluding hydrogens is 108 g/mol. The van der Waals surface area contributed by atoms with Crippen LogP contribution in [-0.4, -0.2) is 0 Å². The Labute approximate surface area is 55.6 Å². The van der Waals surface area contributed by atoms with E-state index in [1.54, 1.807) is 32.1 Å². The first-order valence-corrected chi connectivity index (χ1v) is 4.37. The maximum Gasteiger partial charge on any atom is -0.0204 e. The van der Waals surface area contributed by atoms with Gasteiger partial charge in [0.1, 0.15) is 0 Å². The Morgan fingerprint density at radius 2 is 1.67 bits per heavy atom. The van der Waals surface area contributed by atoms with Gasteiger partial charge in [-0.3, -0.25) is 0 Å². The van der Waals surface area contributed by atoms with Crippen LogP contribution in [0.2, 0.25) is 0 Å². The Balaban J connectivity index is 2.01. The Kier molecular flexibility index (Phi) is 0.329. The Bertz CT molecular complexity index is 196. The van der Waals surface area contributed by atoms with E-state index in [1.807, 2.05) is 0 Å². The summed E-state index contributed by atoms with van der Waals surface area (Å²) in [6, 6.07) is 0. The number of fused-ring (bicyclic) bond motifs is 1. The second-order valence-corrected chi connectivity index (χ2v) is 4.86. The lowest BCUT2D eigenvalue weighted by Crippen LogP contribution is -2.76. The fourth-order valence-corrected chi connectivity index (χ4v) is 4.74. The van der Waals surface area contributed by atoms with Crippen molar-refractivity contribution >= 4 is 0 Å². The van der Waals surface area contributed by atoms with Gasteiger partial charge in [0.15, 0.2) is 0 Å². The average Bonchev–Trinajstić information content (AvgIpc) is 2.15. The molecule has 0 heteroatoms. The van der Waals surface area contributed by atoms with E-state index in [0.717, 1.165) is 10.8 Å². The first kappa shape index (κ1) is 4.00. The van der Waals surface area contributed by atoms with E-state index in [4.69, 9.17) is 0 Å². The molecule has 9 heavy (non-hydrogen) atoms. The van der Waals surface area contributed by atoms with Crippen LogP contribution in [0.3, 0.4) is 0 Å². The van der Waals surface area contributed by atoms with Crippen LogP contribution in [0.4, 0.5) is 0 Å². The highest BCUT2D eigenvalue weighted by Gasteiger charge is 2.86. The van der Waals surface area contributed by atoms with Crippen molar-refractivity contribution in [3.8, 4) is 0 Å². The molecule has 0 heterocycles. The second-order valence-electron chi connectivity index (χ2n) is 4.86. The lowest BCUT2D eigenvalue weighted by molar-refractivity contribution is -0.348. The third-order valence-electron chi connectivity index (χ3n) is 5.33. The lowest BCUT2D eigenvalue weighted by atomic mass is 9.21. The van der Waals surface area contributed by atoms with Crippen LogP contribution in [0.1, 0.15) is 32.1 Å². The van der Waals surface area contributed by atoms with Gasteiger partial charge >= 0.3 is 0 Å². The van der Waals surface area contributed by atoms with Crippen molar-refractivity contribution in [3.05, 3.63) is 0 Å². The fourth-order valence-electron chi connectivity index (χ4n) is 4.74. The molecule has 6 saturated carbocycles. The second kappa shape index (κ2) is 0.741. The maximum atomic E-state index is 1.65. The summed E-state index contributed by atoms with van der Waals surface area (Å²) in [4.78, 5) is 0. The summed E-state index contributed by atoms with van der Waals surface area (Å²) in [6.07, 6.45) is 8.19. The first-order chi connectivity index (χ1) is 4.37. The lowest BCUT2D eigenvalue weighted by Gasteiger charge is -2.83. The van der Waals surface area contributed by atoms with Crippen LogP contribution in [-0.2, 0) is 0 Å². The Morgan fingerprint density at radius 3 is 1.89 bits per heavy atom. The highest BCUT2D eigenvalue weighted by molar-refractivity contribution is 5.35. The highest BCUT2D eigenvalue weighted by Crippen LogP contribution is 2.94. The van der Waals surface area contributed by atoms with Crippen LogP contribution >= 0.6 is 0 Å². The Morgan fingerprint density at radius 1 is 0.889 bits per heavy atom. The van der Waals surface area contributed by atoms with Crippen molar-refractivity contribution in [1.82, 2.24) is 0 Å². The van der Waals surface area contributed by atoms with Crippen molar-refractivity contribution in [2.45, 2.75) is 32.1 Å². The van der Waals surface area contributed by atoms with Gasteiger partial charge in [-0.05, 0) is 54.8 Å². The van der Waals surface area contributed by atoms with Gasteiger partial charge in [0.25, 0.3) is 0 Å². The molecule has 6 aliphatic carbocycles. The van der Waals surface area contributed by atoms with Crippen LogP contribution in [0.15, 0.2) is 0 Å². The van der Waals surface area contributed by atoms with Gasteiger partial charge in [0, 0.05) is 0 Å². The van der Waals surface area contributed by atoms with Gasteiger partial charge in [-0.1, -0.05) is 0 Å². The molecule has 0 saturated heterocycles. The zero-order valence-corrected chi connectivity index (χ0v) is 5.69. The molecule has 0 nitrogen and oxygen atoms in total. The molecule has 0 aliphatic heterocycles. The molecule has 2 unspecified atom stereocenters. The first-order valence-electron chi connectivity index (χ1n) is 4.37. The molecule has 48 valence electrons. The predicted molar refractivity (Wildman–Crippen MR) is 34.9 cm³/mol. The summed E-state index contributed by atoms with van der Waals surface area (Å²) in [5.41, 5.74) is 2.02. The highest BCUT2D eigenvalue weighted by atomic mass is 14.9. The fraction of sp³-hybridized carbons (Fsp3) is 1.00. The molecule has 2 atom stereocenters. The van der Waals surface area contributed by atoms with E-state index in [2.05, 4.69) is 0 Å². The molecule has 0 aromatic heterocycles. The molecule has 2 spiro atoms. The van der Waals surface area contributed by atoms with Crippen LogP contribution in [0.25, 0.3) is 0 Å². The van der Waals surface area contributed by atoms with Gasteiger partial charge < -0.3 is 0 Å². The van der Waals surface area contributed by atoms with Crippen LogP contribution < -0.4 is 0 Å². The van der Waals surface area contributed by atoms with Gasteiger partial charge in [0.05, 0.1) is 0 Å².